The molecule has 0 aliphatic heterocycles. The van der Waals surface area contributed by atoms with Gasteiger partial charge < -0.3 is 10.2 Å². The Bertz CT molecular complexity index is 399. The SMILES string of the molecule is Cc1ccc(CNC(C)C(=O)N(C)C)c(C)c1. The topological polar surface area (TPSA) is 32.3 Å². The van der Waals surface area contributed by atoms with Crippen LogP contribution in [0.2, 0.25) is 0 Å². The van der Waals surface area contributed by atoms with Crippen molar-refractivity contribution in [3.8, 4) is 0 Å². The van der Waals surface area contributed by atoms with E-state index in [9.17, 15) is 4.79 Å². The zero-order valence-electron chi connectivity index (χ0n) is 11.4. The number of hydrogen-bond donors (Lipinski definition) is 1. The van der Waals surface area contributed by atoms with Crippen molar-refractivity contribution in [3.63, 3.8) is 0 Å². The lowest BCUT2D eigenvalue weighted by molar-refractivity contribution is -0.130. The highest BCUT2D eigenvalue weighted by Crippen LogP contribution is 2.10. The summed E-state index contributed by atoms with van der Waals surface area (Å²) in [7, 11) is 3.55. The summed E-state index contributed by atoms with van der Waals surface area (Å²) in [5.74, 6) is 0.106. The molecule has 0 radical (unpaired) electrons. The van der Waals surface area contributed by atoms with E-state index >= 15 is 0 Å². The molecule has 0 saturated heterocycles. The van der Waals surface area contributed by atoms with E-state index in [0.717, 1.165) is 6.54 Å². The zero-order valence-corrected chi connectivity index (χ0v) is 11.4. The van der Waals surface area contributed by atoms with E-state index in [-0.39, 0.29) is 11.9 Å². The molecule has 1 unspecified atom stereocenters. The number of likely N-dealkylation sites (N-methyl/N-ethyl adjacent to an activating group) is 1. The highest BCUT2D eigenvalue weighted by Gasteiger charge is 2.13. The van der Waals surface area contributed by atoms with Crippen LogP contribution in [0.5, 0.6) is 0 Å². The van der Waals surface area contributed by atoms with Crippen LogP contribution in [0, 0.1) is 13.8 Å². The molecule has 0 aliphatic rings. The Morgan fingerprint density at radius 2 is 2.00 bits per heavy atom. The van der Waals surface area contributed by atoms with Crippen LogP contribution in [-0.2, 0) is 11.3 Å². The minimum atomic E-state index is -0.147. The molecule has 17 heavy (non-hydrogen) atoms. The van der Waals surface area contributed by atoms with Gasteiger partial charge in [-0.15, -0.1) is 0 Å². The van der Waals surface area contributed by atoms with Gasteiger partial charge in [-0.1, -0.05) is 23.8 Å². The number of carbonyl (C=O) groups is 1. The molecule has 3 heteroatoms. The summed E-state index contributed by atoms with van der Waals surface area (Å²) in [6.07, 6.45) is 0. The second-order valence-corrected chi connectivity index (χ2v) is 4.77. The van der Waals surface area contributed by atoms with Crippen LogP contribution in [0.4, 0.5) is 0 Å². The third-order valence-corrected chi connectivity index (χ3v) is 2.91. The van der Waals surface area contributed by atoms with E-state index in [4.69, 9.17) is 0 Å². The van der Waals surface area contributed by atoms with Crippen LogP contribution in [0.3, 0.4) is 0 Å². The fourth-order valence-corrected chi connectivity index (χ4v) is 1.78. The lowest BCUT2D eigenvalue weighted by atomic mass is 10.1. The fourth-order valence-electron chi connectivity index (χ4n) is 1.78. The van der Waals surface area contributed by atoms with E-state index in [1.54, 1.807) is 19.0 Å². The summed E-state index contributed by atoms with van der Waals surface area (Å²) < 4.78 is 0. The number of rotatable bonds is 4. The monoisotopic (exact) mass is 234 g/mol. The minimum absolute atomic E-state index is 0.106. The maximum Gasteiger partial charge on any atom is 0.238 e. The molecule has 0 aromatic heterocycles. The molecule has 0 aliphatic carbocycles. The molecular weight excluding hydrogens is 212 g/mol. The van der Waals surface area contributed by atoms with Gasteiger partial charge >= 0.3 is 0 Å². The number of hydrogen-bond acceptors (Lipinski definition) is 2. The normalized spacial score (nSPS) is 12.3. The van der Waals surface area contributed by atoms with E-state index < -0.39 is 0 Å². The highest BCUT2D eigenvalue weighted by atomic mass is 16.2. The number of benzene rings is 1. The fraction of sp³-hybridized carbons (Fsp3) is 0.500. The average molecular weight is 234 g/mol. The second kappa shape index (κ2) is 5.82. The molecule has 3 nitrogen and oxygen atoms in total. The van der Waals surface area contributed by atoms with Crippen molar-refractivity contribution in [1.29, 1.82) is 0 Å². The summed E-state index contributed by atoms with van der Waals surface area (Å²) in [6, 6.07) is 6.23. The highest BCUT2D eigenvalue weighted by molar-refractivity contribution is 5.80. The van der Waals surface area contributed by atoms with Gasteiger partial charge in [-0.05, 0) is 31.9 Å². The molecule has 1 rings (SSSR count). The quantitative estimate of drug-likeness (QED) is 0.862. The maximum absolute atomic E-state index is 11.7. The Morgan fingerprint density at radius 3 is 2.53 bits per heavy atom. The van der Waals surface area contributed by atoms with Crippen molar-refractivity contribution < 1.29 is 4.79 Å². The molecule has 0 bridgehead atoms. The predicted molar refractivity (Wildman–Crippen MR) is 70.9 cm³/mol. The second-order valence-electron chi connectivity index (χ2n) is 4.77. The van der Waals surface area contributed by atoms with Crippen molar-refractivity contribution >= 4 is 5.91 Å². The van der Waals surface area contributed by atoms with E-state index in [2.05, 4.69) is 37.4 Å². The molecule has 0 heterocycles. The van der Waals surface area contributed by atoms with Crippen molar-refractivity contribution in [2.24, 2.45) is 0 Å². The van der Waals surface area contributed by atoms with Gasteiger partial charge in [0.15, 0.2) is 0 Å². The Hall–Kier alpha value is -1.35. The standard InChI is InChI=1S/C14H22N2O/c1-10-6-7-13(11(2)8-10)9-15-12(3)14(17)16(4)5/h6-8,12,15H,9H2,1-5H3. The number of nitrogens with zero attached hydrogens (tertiary/aromatic N) is 1. The van der Waals surface area contributed by atoms with Crippen molar-refractivity contribution in [2.45, 2.75) is 33.4 Å². The van der Waals surface area contributed by atoms with E-state index in [0.29, 0.717) is 0 Å². The van der Waals surface area contributed by atoms with Crippen LogP contribution >= 0.6 is 0 Å². The number of aryl methyl sites for hydroxylation is 2. The predicted octanol–water partition coefficient (Wildman–Crippen LogP) is 1.87. The van der Waals surface area contributed by atoms with Gasteiger partial charge in [-0.25, -0.2) is 0 Å². The minimum Gasteiger partial charge on any atom is -0.347 e. The molecule has 94 valence electrons. The Balaban J connectivity index is 2.59. The zero-order chi connectivity index (χ0) is 13.0. The van der Waals surface area contributed by atoms with Crippen molar-refractivity contribution in [2.75, 3.05) is 14.1 Å². The van der Waals surface area contributed by atoms with Crippen LogP contribution in [0.1, 0.15) is 23.6 Å². The molecule has 1 aromatic rings. The van der Waals surface area contributed by atoms with Gasteiger partial charge in [-0.3, -0.25) is 4.79 Å². The van der Waals surface area contributed by atoms with Gasteiger partial charge in [0.05, 0.1) is 6.04 Å². The van der Waals surface area contributed by atoms with Gasteiger partial charge in [-0.2, -0.15) is 0 Å². The molecule has 1 aromatic carbocycles. The first-order valence-electron chi connectivity index (χ1n) is 5.92. The first-order valence-corrected chi connectivity index (χ1v) is 5.92. The Kier molecular flexibility index (Phi) is 4.70. The van der Waals surface area contributed by atoms with Crippen molar-refractivity contribution in [3.05, 3.63) is 34.9 Å². The maximum atomic E-state index is 11.7. The largest absolute Gasteiger partial charge is 0.347 e. The molecule has 1 atom stereocenters. The summed E-state index contributed by atoms with van der Waals surface area (Å²) in [5, 5.41) is 3.25. The van der Waals surface area contributed by atoms with Crippen molar-refractivity contribution in [1.82, 2.24) is 10.2 Å². The Morgan fingerprint density at radius 1 is 1.35 bits per heavy atom. The molecule has 0 saturated carbocycles. The molecule has 0 spiro atoms. The summed E-state index contributed by atoms with van der Waals surface area (Å²) in [4.78, 5) is 13.3. The molecule has 1 N–H and O–H groups in total. The van der Waals surface area contributed by atoms with Crippen LogP contribution in [-0.4, -0.2) is 30.9 Å². The Labute approximate surface area is 104 Å². The molecule has 0 fully saturated rings. The van der Waals surface area contributed by atoms with Gasteiger partial charge in [0.2, 0.25) is 5.91 Å². The van der Waals surface area contributed by atoms with Crippen LogP contribution in [0.25, 0.3) is 0 Å². The van der Waals surface area contributed by atoms with E-state index in [1.165, 1.54) is 16.7 Å². The lowest BCUT2D eigenvalue weighted by Crippen LogP contribution is -2.41. The third-order valence-electron chi connectivity index (χ3n) is 2.91. The lowest BCUT2D eigenvalue weighted by Gasteiger charge is -2.18. The summed E-state index contributed by atoms with van der Waals surface area (Å²) >= 11 is 0. The summed E-state index contributed by atoms with van der Waals surface area (Å²) in [5.41, 5.74) is 3.78. The first-order chi connectivity index (χ1) is 7.91. The third kappa shape index (κ3) is 3.86. The number of amides is 1. The van der Waals surface area contributed by atoms with E-state index in [1.807, 2.05) is 6.92 Å². The van der Waals surface area contributed by atoms with Gasteiger partial charge in [0.25, 0.3) is 0 Å². The van der Waals surface area contributed by atoms with Crippen LogP contribution < -0.4 is 5.32 Å². The number of nitrogens with one attached hydrogen (secondary N) is 1. The van der Waals surface area contributed by atoms with Gasteiger partial charge in [0, 0.05) is 20.6 Å². The molecule has 1 amide bonds. The first kappa shape index (κ1) is 13.7. The number of carbonyl (C=O) groups excluding carboxylic acids is 1. The molecular formula is C14H22N2O. The van der Waals surface area contributed by atoms with Gasteiger partial charge in [0.1, 0.15) is 0 Å². The van der Waals surface area contributed by atoms with Crippen LogP contribution in [0.15, 0.2) is 18.2 Å². The summed E-state index contributed by atoms with van der Waals surface area (Å²) in [6.45, 7) is 6.81. The smallest absolute Gasteiger partial charge is 0.238 e. The average Bonchev–Trinajstić information content (AvgIpc) is 2.26.